The number of fused-ring (bicyclic) bond motifs is 1. The molecule has 0 bridgehead atoms. The minimum absolute atomic E-state index is 0.282. The first-order valence-electron chi connectivity index (χ1n) is 7.93. The number of anilines is 1. The summed E-state index contributed by atoms with van der Waals surface area (Å²) in [6.07, 6.45) is 0. The molecular weight excluding hydrogens is 336 g/mol. The van der Waals surface area contributed by atoms with Crippen LogP contribution in [0.1, 0.15) is 17.3 Å². The van der Waals surface area contributed by atoms with Crippen molar-refractivity contribution in [3.63, 3.8) is 0 Å². The summed E-state index contributed by atoms with van der Waals surface area (Å²) in [5, 5.41) is 13.0. The van der Waals surface area contributed by atoms with Crippen molar-refractivity contribution in [3.8, 4) is 11.5 Å². The Morgan fingerprint density at radius 2 is 1.81 bits per heavy atom. The maximum absolute atomic E-state index is 12.4. The molecule has 0 saturated heterocycles. The Hall–Kier alpha value is -3.61. The molecule has 0 spiro atoms. The molecule has 3 rings (SSSR count). The summed E-state index contributed by atoms with van der Waals surface area (Å²) >= 11 is 0. The van der Waals surface area contributed by atoms with Gasteiger partial charge in [-0.3, -0.25) is 14.4 Å². The van der Waals surface area contributed by atoms with E-state index in [4.69, 9.17) is 4.74 Å². The van der Waals surface area contributed by atoms with E-state index in [1.54, 1.807) is 48.5 Å². The van der Waals surface area contributed by atoms with Crippen LogP contribution in [-0.2, 0) is 4.79 Å². The Morgan fingerprint density at radius 3 is 2.50 bits per heavy atom. The predicted octanol–water partition coefficient (Wildman–Crippen LogP) is 2.45. The van der Waals surface area contributed by atoms with Crippen LogP contribution in [0.3, 0.4) is 0 Å². The first-order valence-corrected chi connectivity index (χ1v) is 7.93. The molecule has 7 heteroatoms. The maximum Gasteiger partial charge on any atom is 0.297 e. The molecule has 0 unspecified atom stereocenters. The molecule has 26 heavy (non-hydrogen) atoms. The first-order chi connectivity index (χ1) is 12.5. The molecule has 1 heterocycles. The number of carbonyl (C=O) groups is 2. The molecule has 2 aromatic carbocycles. The highest BCUT2D eigenvalue weighted by Gasteiger charge is 2.25. The maximum atomic E-state index is 12.4. The lowest BCUT2D eigenvalue weighted by Gasteiger charge is -2.08. The third kappa shape index (κ3) is 3.27. The quantitative estimate of drug-likeness (QED) is 0.483. The summed E-state index contributed by atoms with van der Waals surface area (Å²) in [6, 6.07) is 12.9. The smallest absolute Gasteiger partial charge is 0.297 e. The van der Waals surface area contributed by atoms with Crippen LogP contribution in [-0.4, -0.2) is 28.4 Å². The van der Waals surface area contributed by atoms with E-state index < -0.39 is 28.6 Å². The van der Waals surface area contributed by atoms with Crippen molar-refractivity contribution in [3.05, 3.63) is 64.4 Å². The van der Waals surface area contributed by atoms with Crippen LogP contribution in [0.4, 0.5) is 5.69 Å². The van der Waals surface area contributed by atoms with E-state index in [9.17, 15) is 19.5 Å². The molecular formula is C19H16N2O5. The molecule has 0 radical (unpaired) electrons. The van der Waals surface area contributed by atoms with Crippen molar-refractivity contribution in [2.45, 2.75) is 6.92 Å². The van der Waals surface area contributed by atoms with E-state index in [2.05, 4.69) is 10.3 Å². The van der Waals surface area contributed by atoms with Gasteiger partial charge in [0.25, 0.3) is 17.2 Å². The fraction of sp³-hybridized carbons (Fsp3) is 0.105. The van der Waals surface area contributed by atoms with E-state index in [-0.39, 0.29) is 5.39 Å². The molecule has 3 N–H and O–H groups in total. The van der Waals surface area contributed by atoms with Crippen molar-refractivity contribution in [2.75, 3.05) is 11.9 Å². The number of nitrogens with one attached hydrogen (secondary N) is 2. The first kappa shape index (κ1) is 17.2. The molecule has 1 aromatic heterocycles. The number of carbonyl (C=O) groups excluding carboxylic acids is 2. The van der Waals surface area contributed by atoms with Gasteiger partial charge in [-0.25, -0.2) is 0 Å². The number of para-hydroxylation sites is 1. The molecule has 0 aliphatic heterocycles. The molecule has 0 fully saturated rings. The lowest BCUT2D eigenvalue weighted by Crippen LogP contribution is -2.28. The standard InChI is InChI=1S/C19H16N2O5/c1-2-26-12-9-7-11(8-10-12)20-19(25)17(23)15-16(22)13-5-3-4-6-14(13)21-18(15)24/h3-10H,2H2,1H3,(H,20,25)(H2,21,22,24). The second kappa shape index (κ2) is 7.10. The average Bonchev–Trinajstić information content (AvgIpc) is 2.63. The number of ketones is 1. The molecule has 1 amide bonds. The third-order valence-corrected chi connectivity index (χ3v) is 3.75. The monoisotopic (exact) mass is 352 g/mol. The molecule has 0 aliphatic carbocycles. The number of ether oxygens (including phenoxy) is 1. The number of benzene rings is 2. The molecule has 7 nitrogen and oxygen atoms in total. The fourth-order valence-electron chi connectivity index (χ4n) is 2.54. The summed E-state index contributed by atoms with van der Waals surface area (Å²) in [5.74, 6) is -2.04. The second-order valence-electron chi connectivity index (χ2n) is 5.46. The summed E-state index contributed by atoms with van der Waals surface area (Å²) in [6.45, 7) is 2.36. The van der Waals surface area contributed by atoms with Crippen LogP contribution in [0.25, 0.3) is 10.9 Å². The van der Waals surface area contributed by atoms with Gasteiger partial charge in [-0.2, -0.15) is 0 Å². The van der Waals surface area contributed by atoms with E-state index >= 15 is 0 Å². The molecule has 3 aromatic rings. The van der Waals surface area contributed by atoms with Gasteiger partial charge in [0, 0.05) is 11.1 Å². The van der Waals surface area contributed by atoms with Gasteiger partial charge in [-0.15, -0.1) is 0 Å². The highest BCUT2D eigenvalue weighted by molar-refractivity contribution is 6.47. The zero-order valence-corrected chi connectivity index (χ0v) is 13.9. The number of hydrogen-bond donors (Lipinski definition) is 3. The van der Waals surface area contributed by atoms with Gasteiger partial charge in [-0.05, 0) is 43.3 Å². The van der Waals surface area contributed by atoms with Crippen molar-refractivity contribution < 1.29 is 19.4 Å². The van der Waals surface area contributed by atoms with Gasteiger partial charge in [0.15, 0.2) is 0 Å². The third-order valence-electron chi connectivity index (χ3n) is 3.75. The van der Waals surface area contributed by atoms with Crippen molar-refractivity contribution in [2.24, 2.45) is 0 Å². The number of rotatable bonds is 5. The van der Waals surface area contributed by atoms with Crippen LogP contribution in [0.2, 0.25) is 0 Å². The van der Waals surface area contributed by atoms with Crippen LogP contribution in [0.15, 0.2) is 53.3 Å². The van der Waals surface area contributed by atoms with Crippen LogP contribution in [0.5, 0.6) is 11.5 Å². The normalized spacial score (nSPS) is 10.5. The highest BCUT2D eigenvalue weighted by Crippen LogP contribution is 2.25. The lowest BCUT2D eigenvalue weighted by molar-refractivity contribution is -0.112. The minimum Gasteiger partial charge on any atom is -0.506 e. The zero-order valence-electron chi connectivity index (χ0n) is 13.9. The number of amides is 1. The van der Waals surface area contributed by atoms with Crippen LogP contribution >= 0.6 is 0 Å². The Bertz CT molecular complexity index is 1040. The molecule has 0 aliphatic rings. The number of aromatic amines is 1. The van der Waals surface area contributed by atoms with Crippen molar-refractivity contribution in [1.82, 2.24) is 4.98 Å². The highest BCUT2D eigenvalue weighted by atomic mass is 16.5. The SMILES string of the molecule is CCOc1ccc(NC(=O)C(=O)c2c(O)c3ccccc3[nH]c2=O)cc1. The van der Waals surface area contributed by atoms with Crippen molar-refractivity contribution in [1.29, 1.82) is 0 Å². The van der Waals surface area contributed by atoms with Gasteiger partial charge < -0.3 is 20.1 Å². The number of pyridine rings is 1. The zero-order chi connectivity index (χ0) is 18.7. The average molecular weight is 352 g/mol. The fourth-order valence-corrected chi connectivity index (χ4v) is 2.54. The topological polar surface area (TPSA) is 108 Å². The van der Waals surface area contributed by atoms with Crippen molar-refractivity contribution >= 4 is 28.3 Å². The summed E-state index contributed by atoms with van der Waals surface area (Å²) < 4.78 is 5.30. The lowest BCUT2D eigenvalue weighted by atomic mass is 10.1. The minimum atomic E-state index is -1.12. The number of aromatic nitrogens is 1. The molecule has 0 atom stereocenters. The van der Waals surface area contributed by atoms with E-state index in [1.165, 1.54) is 0 Å². The van der Waals surface area contributed by atoms with Gasteiger partial charge in [-0.1, -0.05) is 12.1 Å². The summed E-state index contributed by atoms with van der Waals surface area (Å²) in [4.78, 5) is 39.2. The Kier molecular flexibility index (Phi) is 4.70. The summed E-state index contributed by atoms with van der Waals surface area (Å²) in [7, 11) is 0. The van der Waals surface area contributed by atoms with E-state index in [1.807, 2.05) is 6.92 Å². The van der Waals surface area contributed by atoms with Gasteiger partial charge >= 0.3 is 0 Å². The molecule has 0 saturated carbocycles. The number of Topliss-reactive ketones (excluding diaryl/α,β-unsaturated/α-hetero) is 1. The van der Waals surface area contributed by atoms with Gasteiger partial charge in [0.05, 0.1) is 12.1 Å². The number of H-pyrrole nitrogens is 1. The molecule has 132 valence electrons. The number of hydrogen-bond acceptors (Lipinski definition) is 5. The predicted molar refractivity (Wildman–Crippen MR) is 96.8 cm³/mol. The van der Waals surface area contributed by atoms with E-state index in [0.717, 1.165) is 0 Å². The second-order valence-corrected chi connectivity index (χ2v) is 5.46. The van der Waals surface area contributed by atoms with E-state index in [0.29, 0.717) is 23.6 Å². The van der Waals surface area contributed by atoms with Gasteiger partial charge in [0.2, 0.25) is 0 Å². The van der Waals surface area contributed by atoms with Crippen LogP contribution in [0, 0.1) is 0 Å². The largest absolute Gasteiger partial charge is 0.506 e. The Labute approximate surface area is 148 Å². The Balaban J connectivity index is 1.88. The number of aromatic hydroxyl groups is 1. The van der Waals surface area contributed by atoms with Gasteiger partial charge in [0.1, 0.15) is 17.1 Å². The summed E-state index contributed by atoms with van der Waals surface area (Å²) in [5.41, 5.74) is -0.679. The Morgan fingerprint density at radius 1 is 1.12 bits per heavy atom. The van der Waals surface area contributed by atoms with Crippen LogP contribution < -0.4 is 15.6 Å².